The minimum Gasteiger partial charge on any atom is -0.497 e. The van der Waals surface area contributed by atoms with Crippen LogP contribution in [0.15, 0.2) is 36.4 Å². The van der Waals surface area contributed by atoms with Crippen molar-refractivity contribution in [2.45, 2.75) is 0 Å². The molecule has 2 N–H and O–H groups in total. The highest BCUT2D eigenvalue weighted by Crippen LogP contribution is 2.32. The fraction of sp³-hybridized carbons (Fsp3) is 0.0714. The quantitative estimate of drug-likeness (QED) is 0.859. The number of ether oxygens (including phenoxy) is 2. The van der Waals surface area contributed by atoms with Crippen LogP contribution >= 0.6 is 0 Å². The maximum Gasteiger partial charge on any atom is 0.150 e. The fourth-order valence-corrected chi connectivity index (χ4v) is 1.56. The smallest absolute Gasteiger partial charge is 0.150 e. The standard InChI is InChI=1S/C14H11FN2O2/c1-18-9-5-6-14(12(17)7-9)19-13-4-2-3-11(15)10(13)8-16/h2-7H,17H2,1H3. The first kappa shape index (κ1) is 12.7. The average molecular weight is 258 g/mol. The van der Waals surface area contributed by atoms with Gasteiger partial charge in [-0.25, -0.2) is 4.39 Å². The zero-order valence-electron chi connectivity index (χ0n) is 10.2. The van der Waals surface area contributed by atoms with Gasteiger partial charge in [0.2, 0.25) is 0 Å². The Hall–Kier alpha value is -2.74. The lowest BCUT2D eigenvalue weighted by molar-refractivity contribution is 0.413. The Morgan fingerprint density at radius 1 is 1.21 bits per heavy atom. The van der Waals surface area contributed by atoms with Gasteiger partial charge in [-0.1, -0.05) is 6.07 Å². The Morgan fingerprint density at radius 3 is 2.63 bits per heavy atom. The minimum atomic E-state index is -0.632. The maximum absolute atomic E-state index is 13.4. The molecule has 0 aromatic heterocycles. The number of nitriles is 1. The predicted octanol–water partition coefficient (Wildman–Crippen LogP) is 3.08. The van der Waals surface area contributed by atoms with E-state index in [0.29, 0.717) is 17.2 Å². The molecule has 0 unspecified atom stereocenters. The Morgan fingerprint density at radius 2 is 2.00 bits per heavy atom. The molecule has 0 heterocycles. The summed E-state index contributed by atoms with van der Waals surface area (Å²) in [6.07, 6.45) is 0. The molecule has 0 fully saturated rings. The van der Waals surface area contributed by atoms with E-state index in [9.17, 15) is 4.39 Å². The van der Waals surface area contributed by atoms with E-state index in [1.165, 1.54) is 25.3 Å². The minimum absolute atomic E-state index is 0.124. The van der Waals surface area contributed by atoms with Crippen molar-refractivity contribution in [3.63, 3.8) is 0 Å². The zero-order chi connectivity index (χ0) is 13.8. The number of nitrogen functional groups attached to an aromatic ring is 1. The Kier molecular flexibility index (Phi) is 3.53. The summed E-state index contributed by atoms with van der Waals surface area (Å²) in [4.78, 5) is 0. The molecular weight excluding hydrogens is 247 g/mol. The summed E-state index contributed by atoms with van der Waals surface area (Å²) in [5, 5.41) is 8.91. The summed E-state index contributed by atoms with van der Waals surface area (Å²) >= 11 is 0. The monoisotopic (exact) mass is 258 g/mol. The van der Waals surface area contributed by atoms with E-state index in [1.807, 2.05) is 0 Å². The van der Waals surface area contributed by atoms with Gasteiger partial charge in [0.15, 0.2) is 5.75 Å². The molecule has 0 bridgehead atoms. The number of methoxy groups -OCH3 is 1. The number of hydrogen-bond donors (Lipinski definition) is 1. The summed E-state index contributed by atoms with van der Waals surface area (Å²) in [5.74, 6) is 0.416. The van der Waals surface area contributed by atoms with Crippen molar-refractivity contribution in [1.29, 1.82) is 5.26 Å². The molecule has 2 aromatic rings. The highest BCUT2D eigenvalue weighted by Gasteiger charge is 2.11. The normalized spacial score (nSPS) is 9.74. The van der Waals surface area contributed by atoms with Gasteiger partial charge in [0.25, 0.3) is 0 Å². The average Bonchev–Trinajstić information content (AvgIpc) is 2.41. The maximum atomic E-state index is 13.4. The zero-order valence-corrected chi connectivity index (χ0v) is 10.2. The van der Waals surface area contributed by atoms with Crippen molar-refractivity contribution in [3.8, 4) is 23.3 Å². The van der Waals surface area contributed by atoms with Crippen LogP contribution in [0.1, 0.15) is 5.56 Å². The molecule has 2 aromatic carbocycles. The highest BCUT2D eigenvalue weighted by atomic mass is 19.1. The van der Waals surface area contributed by atoms with Gasteiger partial charge in [0.05, 0.1) is 12.8 Å². The summed E-state index contributed by atoms with van der Waals surface area (Å²) in [5.41, 5.74) is 5.98. The molecule has 96 valence electrons. The van der Waals surface area contributed by atoms with Crippen molar-refractivity contribution in [3.05, 3.63) is 47.8 Å². The number of benzene rings is 2. The van der Waals surface area contributed by atoms with Gasteiger partial charge in [-0.2, -0.15) is 5.26 Å². The summed E-state index contributed by atoms with van der Waals surface area (Å²) in [6.45, 7) is 0. The second-order valence-corrected chi connectivity index (χ2v) is 3.73. The lowest BCUT2D eigenvalue weighted by Crippen LogP contribution is -1.96. The third-order valence-corrected chi connectivity index (χ3v) is 2.52. The highest BCUT2D eigenvalue weighted by molar-refractivity contribution is 5.58. The molecule has 0 atom stereocenters. The van der Waals surface area contributed by atoms with Gasteiger partial charge in [0.1, 0.15) is 28.9 Å². The molecule has 0 aliphatic rings. The van der Waals surface area contributed by atoms with Crippen LogP contribution in [-0.2, 0) is 0 Å². The largest absolute Gasteiger partial charge is 0.497 e. The summed E-state index contributed by atoms with van der Waals surface area (Å²) in [6, 6.07) is 10.8. The number of anilines is 1. The third kappa shape index (κ3) is 2.58. The molecule has 0 radical (unpaired) electrons. The van der Waals surface area contributed by atoms with Crippen LogP contribution in [0.2, 0.25) is 0 Å². The first-order valence-corrected chi connectivity index (χ1v) is 5.45. The van der Waals surface area contributed by atoms with Crippen LogP contribution in [0.25, 0.3) is 0 Å². The first-order valence-electron chi connectivity index (χ1n) is 5.45. The fourth-order valence-electron chi connectivity index (χ4n) is 1.56. The molecule has 19 heavy (non-hydrogen) atoms. The third-order valence-electron chi connectivity index (χ3n) is 2.52. The van der Waals surface area contributed by atoms with Crippen LogP contribution < -0.4 is 15.2 Å². The Balaban J connectivity index is 2.37. The first-order chi connectivity index (χ1) is 9.15. The van der Waals surface area contributed by atoms with E-state index in [0.717, 1.165) is 0 Å². The second kappa shape index (κ2) is 5.27. The summed E-state index contributed by atoms with van der Waals surface area (Å²) in [7, 11) is 1.52. The second-order valence-electron chi connectivity index (χ2n) is 3.73. The number of nitrogens with two attached hydrogens (primary N) is 1. The molecule has 0 spiro atoms. The van der Waals surface area contributed by atoms with E-state index in [2.05, 4.69) is 0 Å². The van der Waals surface area contributed by atoms with Gasteiger partial charge >= 0.3 is 0 Å². The molecule has 5 heteroatoms. The number of nitrogens with zero attached hydrogens (tertiary/aromatic N) is 1. The van der Waals surface area contributed by atoms with Crippen molar-refractivity contribution >= 4 is 5.69 Å². The Bertz CT molecular complexity index is 650. The van der Waals surface area contributed by atoms with E-state index in [-0.39, 0.29) is 11.3 Å². The van der Waals surface area contributed by atoms with Crippen LogP contribution in [-0.4, -0.2) is 7.11 Å². The van der Waals surface area contributed by atoms with Crippen molar-refractivity contribution in [2.75, 3.05) is 12.8 Å². The molecule has 0 amide bonds. The molecule has 2 rings (SSSR count). The molecule has 0 aliphatic heterocycles. The lowest BCUT2D eigenvalue weighted by atomic mass is 10.2. The molecule has 0 saturated carbocycles. The molecule has 0 saturated heterocycles. The van der Waals surface area contributed by atoms with Crippen LogP contribution in [0.4, 0.5) is 10.1 Å². The number of hydrogen-bond acceptors (Lipinski definition) is 4. The van der Waals surface area contributed by atoms with Gasteiger partial charge in [-0.05, 0) is 24.3 Å². The summed E-state index contributed by atoms with van der Waals surface area (Å²) < 4.78 is 23.9. The van der Waals surface area contributed by atoms with Gasteiger partial charge in [0, 0.05) is 6.07 Å². The Labute approximate surface area is 109 Å². The number of halogens is 1. The number of rotatable bonds is 3. The van der Waals surface area contributed by atoms with E-state index >= 15 is 0 Å². The lowest BCUT2D eigenvalue weighted by Gasteiger charge is -2.11. The van der Waals surface area contributed by atoms with E-state index < -0.39 is 5.82 Å². The van der Waals surface area contributed by atoms with Crippen LogP contribution in [0.5, 0.6) is 17.2 Å². The molecule has 0 aliphatic carbocycles. The van der Waals surface area contributed by atoms with Gasteiger partial charge < -0.3 is 15.2 Å². The van der Waals surface area contributed by atoms with Gasteiger partial charge in [-0.15, -0.1) is 0 Å². The molecule has 4 nitrogen and oxygen atoms in total. The van der Waals surface area contributed by atoms with Crippen molar-refractivity contribution < 1.29 is 13.9 Å². The predicted molar refractivity (Wildman–Crippen MR) is 68.6 cm³/mol. The van der Waals surface area contributed by atoms with E-state index in [4.69, 9.17) is 20.5 Å². The van der Waals surface area contributed by atoms with Gasteiger partial charge in [-0.3, -0.25) is 0 Å². The van der Waals surface area contributed by atoms with Crippen LogP contribution in [0, 0.1) is 17.1 Å². The molecular formula is C14H11FN2O2. The van der Waals surface area contributed by atoms with Crippen LogP contribution in [0.3, 0.4) is 0 Å². The van der Waals surface area contributed by atoms with Crippen molar-refractivity contribution in [1.82, 2.24) is 0 Å². The topological polar surface area (TPSA) is 68.3 Å². The van der Waals surface area contributed by atoms with E-state index in [1.54, 1.807) is 24.3 Å². The SMILES string of the molecule is COc1ccc(Oc2cccc(F)c2C#N)c(N)c1. The van der Waals surface area contributed by atoms with Crippen molar-refractivity contribution in [2.24, 2.45) is 0 Å².